The van der Waals surface area contributed by atoms with E-state index in [0.29, 0.717) is 6.04 Å². The van der Waals surface area contributed by atoms with Crippen molar-refractivity contribution in [1.82, 2.24) is 5.32 Å². The van der Waals surface area contributed by atoms with Gasteiger partial charge in [0, 0.05) is 6.04 Å². The molecule has 1 aromatic carbocycles. The zero-order valence-electron chi connectivity index (χ0n) is 11.2. The molecule has 1 saturated carbocycles. The van der Waals surface area contributed by atoms with Crippen LogP contribution in [0.1, 0.15) is 56.6 Å². The number of rotatable bonds is 7. The van der Waals surface area contributed by atoms with Gasteiger partial charge < -0.3 is 5.32 Å². The second-order valence-corrected chi connectivity index (χ2v) is 5.54. The third kappa shape index (κ3) is 4.16. The standard InChI is InChI=1S/C16H25N/c1-13(2)17-12-6-5-8-14-7-3-4-9-16(14)15-10-11-15/h3-4,7,9,13,15,17H,5-6,8,10-12H2,1-2H3. The van der Waals surface area contributed by atoms with Gasteiger partial charge in [-0.3, -0.25) is 0 Å². The van der Waals surface area contributed by atoms with Crippen molar-refractivity contribution in [2.24, 2.45) is 0 Å². The topological polar surface area (TPSA) is 12.0 Å². The predicted octanol–water partition coefficient (Wildman–Crippen LogP) is 3.88. The Bertz CT molecular complexity index is 339. The summed E-state index contributed by atoms with van der Waals surface area (Å²) in [5.74, 6) is 0.889. The van der Waals surface area contributed by atoms with Gasteiger partial charge in [-0.25, -0.2) is 0 Å². The molecule has 0 aliphatic heterocycles. The van der Waals surface area contributed by atoms with Crippen molar-refractivity contribution < 1.29 is 0 Å². The lowest BCUT2D eigenvalue weighted by molar-refractivity contribution is 0.557. The van der Waals surface area contributed by atoms with E-state index >= 15 is 0 Å². The van der Waals surface area contributed by atoms with Gasteiger partial charge in [-0.1, -0.05) is 38.1 Å². The van der Waals surface area contributed by atoms with Gasteiger partial charge in [0.2, 0.25) is 0 Å². The molecule has 17 heavy (non-hydrogen) atoms. The second-order valence-electron chi connectivity index (χ2n) is 5.54. The Morgan fingerprint density at radius 2 is 1.94 bits per heavy atom. The van der Waals surface area contributed by atoms with E-state index < -0.39 is 0 Å². The van der Waals surface area contributed by atoms with E-state index in [1.54, 1.807) is 11.1 Å². The number of benzene rings is 1. The Balaban J connectivity index is 1.75. The quantitative estimate of drug-likeness (QED) is 0.702. The van der Waals surface area contributed by atoms with Gasteiger partial charge in [-0.15, -0.1) is 0 Å². The highest BCUT2D eigenvalue weighted by Crippen LogP contribution is 2.41. The van der Waals surface area contributed by atoms with E-state index in [2.05, 4.69) is 43.4 Å². The van der Waals surface area contributed by atoms with E-state index in [1.165, 1.54) is 32.1 Å². The zero-order valence-corrected chi connectivity index (χ0v) is 11.2. The van der Waals surface area contributed by atoms with Crippen molar-refractivity contribution in [3.8, 4) is 0 Å². The third-order valence-electron chi connectivity index (χ3n) is 3.50. The molecule has 1 fully saturated rings. The van der Waals surface area contributed by atoms with Crippen molar-refractivity contribution in [3.63, 3.8) is 0 Å². The van der Waals surface area contributed by atoms with Gasteiger partial charge in [0.15, 0.2) is 0 Å². The van der Waals surface area contributed by atoms with Crippen LogP contribution in [0.5, 0.6) is 0 Å². The van der Waals surface area contributed by atoms with Crippen molar-refractivity contribution in [1.29, 1.82) is 0 Å². The van der Waals surface area contributed by atoms with Gasteiger partial charge >= 0.3 is 0 Å². The number of hydrogen-bond acceptors (Lipinski definition) is 1. The molecule has 0 amide bonds. The van der Waals surface area contributed by atoms with Crippen LogP contribution in [0.15, 0.2) is 24.3 Å². The molecule has 0 heterocycles. The molecular formula is C16H25N. The second kappa shape index (κ2) is 6.20. The molecule has 0 saturated heterocycles. The summed E-state index contributed by atoms with van der Waals surface area (Å²) in [6.07, 6.45) is 6.67. The van der Waals surface area contributed by atoms with Gasteiger partial charge in [0.25, 0.3) is 0 Å². The molecule has 2 rings (SSSR count). The van der Waals surface area contributed by atoms with Crippen molar-refractivity contribution in [3.05, 3.63) is 35.4 Å². The summed E-state index contributed by atoms with van der Waals surface area (Å²) < 4.78 is 0. The van der Waals surface area contributed by atoms with Gasteiger partial charge in [-0.05, 0) is 55.7 Å². The van der Waals surface area contributed by atoms with Crippen LogP contribution in [-0.4, -0.2) is 12.6 Å². The summed E-state index contributed by atoms with van der Waals surface area (Å²) >= 11 is 0. The molecule has 94 valence electrons. The molecule has 0 radical (unpaired) electrons. The van der Waals surface area contributed by atoms with Crippen LogP contribution >= 0.6 is 0 Å². The molecule has 1 heteroatoms. The fraction of sp³-hybridized carbons (Fsp3) is 0.625. The summed E-state index contributed by atoms with van der Waals surface area (Å²) in [7, 11) is 0. The fourth-order valence-corrected chi connectivity index (χ4v) is 2.39. The first-order valence-corrected chi connectivity index (χ1v) is 7.08. The highest BCUT2D eigenvalue weighted by Gasteiger charge is 2.25. The van der Waals surface area contributed by atoms with Crippen LogP contribution in [0.3, 0.4) is 0 Å². The lowest BCUT2D eigenvalue weighted by atomic mass is 9.99. The number of hydrogen-bond donors (Lipinski definition) is 1. The Morgan fingerprint density at radius 3 is 2.65 bits per heavy atom. The van der Waals surface area contributed by atoms with Crippen molar-refractivity contribution >= 4 is 0 Å². The lowest BCUT2D eigenvalue weighted by Crippen LogP contribution is -2.23. The summed E-state index contributed by atoms with van der Waals surface area (Å²) in [6.45, 7) is 5.58. The Kier molecular flexibility index (Phi) is 4.61. The molecule has 0 bridgehead atoms. The van der Waals surface area contributed by atoms with Crippen LogP contribution < -0.4 is 5.32 Å². The molecule has 1 aromatic rings. The normalized spacial score (nSPS) is 15.5. The molecule has 1 N–H and O–H groups in total. The first kappa shape index (κ1) is 12.6. The molecule has 0 atom stereocenters. The molecule has 1 aliphatic carbocycles. The average molecular weight is 231 g/mol. The van der Waals surface area contributed by atoms with Gasteiger partial charge in [0.05, 0.1) is 0 Å². The summed E-state index contributed by atoms with van der Waals surface area (Å²) in [5.41, 5.74) is 3.23. The van der Waals surface area contributed by atoms with Gasteiger partial charge in [-0.2, -0.15) is 0 Å². The largest absolute Gasteiger partial charge is 0.315 e. The van der Waals surface area contributed by atoms with Crippen LogP contribution in [0, 0.1) is 0 Å². The van der Waals surface area contributed by atoms with Crippen molar-refractivity contribution in [2.45, 2.75) is 57.9 Å². The van der Waals surface area contributed by atoms with Crippen LogP contribution in [0.25, 0.3) is 0 Å². The average Bonchev–Trinajstić information content (AvgIpc) is 3.13. The maximum atomic E-state index is 3.48. The van der Waals surface area contributed by atoms with E-state index in [1.807, 2.05) is 0 Å². The van der Waals surface area contributed by atoms with Crippen LogP contribution in [0.4, 0.5) is 0 Å². The van der Waals surface area contributed by atoms with E-state index in [-0.39, 0.29) is 0 Å². The Labute approximate surface area is 106 Å². The van der Waals surface area contributed by atoms with Crippen LogP contribution in [0.2, 0.25) is 0 Å². The molecule has 0 unspecified atom stereocenters. The summed E-state index contributed by atoms with van der Waals surface area (Å²) in [5, 5.41) is 3.48. The maximum absolute atomic E-state index is 3.48. The number of nitrogens with one attached hydrogen (secondary N) is 1. The Morgan fingerprint density at radius 1 is 1.18 bits per heavy atom. The van der Waals surface area contributed by atoms with E-state index in [0.717, 1.165) is 12.5 Å². The summed E-state index contributed by atoms with van der Waals surface area (Å²) in [6, 6.07) is 9.65. The third-order valence-corrected chi connectivity index (χ3v) is 3.50. The minimum absolute atomic E-state index is 0.619. The highest BCUT2D eigenvalue weighted by atomic mass is 14.9. The molecule has 0 spiro atoms. The smallest absolute Gasteiger partial charge is 0.00103 e. The van der Waals surface area contributed by atoms with Crippen LogP contribution in [-0.2, 0) is 6.42 Å². The lowest BCUT2D eigenvalue weighted by Gasteiger charge is -2.10. The fourth-order valence-electron chi connectivity index (χ4n) is 2.39. The van der Waals surface area contributed by atoms with Gasteiger partial charge in [0.1, 0.15) is 0 Å². The SMILES string of the molecule is CC(C)NCCCCc1ccccc1C1CC1. The monoisotopic (exact) mass is 231 g/mol. The molecule has 0 aromatic heterocycles. The minimum Gasteiger partial charge on any atom is -0.315 e. The number of unbranched alkanes of at least 4 members (excludes halogenated alkanes) is 1. The zero-order chi connectivity index (χ0) is 12.1. The Hall–Kier alpha value is -0.820. The summed E-state index contributed by atoms with van der Waals surface area (Å²) in [4.78, 5) is 0. The first-order valence-electron chi connectivity index (χ1n) is 7.08. The highest BCUT2D eigenvalue weighted by molar-refractivity contribution is 5.33. The van der Waals surface area contributed by atoms with E-state index in [4.69, 9.17) is 0 Å². The number of aryl methyl sites for hydroxylation is 1. The minimum atomic E-state index is 0.619. The van der Waals surface area contributed by atoms with Crippen molar-refractivity contribution in [2.75, 3.05) is 6.54 Å². The first-order chi connectivity index (χ1) is 8.27. The molecular weight excluding hydrogens is 206 g/mol. The molecule has 1 aliphatic rings. The van der Waals surface area contributed by atoms with E-state index in [9.17, 15) is 0 Å². The molecule has 1 nitrogen and oxygen atoms in total. The predicted molar refractivity (Wildman–Crippen MR) is 74.5 cm³/mol. The maximum Gasteiger partial charge on any atom is 0.00103 e.